The zero-order chi connectivity index (χ0) is 13.1. The number of ether oxygens (including phenoxy) is 1. The quantitative estimate of drug-likeness (QED) is 0.919. The number of rotatable bonds is 3. The fourth-order valence-electron chi connectivity index (χ4n) is 1.76. The highest BCUT2D eigenvalue weighted by Gasteiger charge is 2.18. The summed E-state index contributed by atoms with van der Waals surface area (Å²) in [4.78, 5) is 0. The Balaban J connectivity index is 2.46. The number of aliphatic hydroxyl groups excluding tert-OH is 1. The van der Waals surface area contributed by atoms with Gasteiger partial charge in [0.15, 0.2) is 5.75 Å². The van der Waals surface area contributed by atoms with E-state index in [-0.39, 0.29) is 0 Å². The smallest absolute Gasteiger partial charge is 0.156 e. The molecule has 94 valence electrons. The van der Waals surface area contributed by atoms with Crippen LogP contribution in [-0.2, 0) is 0 Å². The van der Waals surface area contributed by atoms with Crippen LogP contribution in [0.5, 0.6) is 5.75 Å². The zero-order valence-electron chi connectivity index (χ0n) is 9.73. The molecule has 0 aliphatic carbocycles. The Bertz CT molecular complexity index is 541. The largest absolute Gasteiger partial charge is 0.494 e. The van der Waals surface area contributed by atoms with Crippen molar-refractivity contribution < 1.29 is 9.84 Å². The van der Waals surface area contributed by atoms with Crippen molar-refractivity contribution in [2.24, 2.45) is 0 Å². The molecule has 0 fully saturated rings. The van der Waals surface area contributed by atoms with Crippen molar-refractivity contribution in [2.75, 3.05) is 7.11 Å². The molecule has 4 heteroatoms. The van der Waals surface area contributed by atoms with Crippen LogP contribution in [-0.4, -0.2) is 12.2 Å². The lowest BCUT2D eigenvalue weighted by atomic mass is 10.0. The van der Waals surface area contributed by atoms with Gasteiger partial charge in [-0.3, -0.25) is 0 Å². The van der Waals surface area contributed by atoms with Crippen LogP contribution in [0.3, 0.4) is 0 Å². The van der Waals surface area contributed by atoms with Gasteiger partial charge in [-0.15, -0.1) is 0 Å². The maximum Gasteiger partial charge on any atom is 0.156 e. The van der Waals surface area contributed by atoms with E-state index < -0.39 is 6.10 Å². The van der Waals surface area contributed by atoms with Crippen molar-refractivity contribution in [1.29, 1.82) is 0 Å². The van der Waals surface area contributed by atoms with Gasteiger partial charge in [-0.25, -0.2) is 0 Å². The van der Waals surface area contributed by atoms with E-state index in [0.29, 0.717) is 21.4 Å². The summed E-state index contributed by atoms with van der Waals surface area (Å²) in [5, 5.41) is 11.1. The predicted octanol–water partition coefficient (Wildman–Crippen LogP) is 4.08. The number of aliphatic hydroxyl groups is 1. The predicted molar refractivity (Wildman–Crippen MR) is 73.5 cm³/mol. The van der Waals surface area contributed by atoms with E-state index in [1.54, 1.807) is 12.1 Å². The Morgan fingerprint density at radius 1 is 1.06 bits per heavy atom. The fraction of sp³-hybridized carbons (Fsp3) is 0.143. The molecule has 2 aromatic rings. The SMILES string of the molecule is COc1c(Cl)ccc(C(O)c2ccccc2)c1Cl. The maximum atomic E-state index is 10.3. The molecule has 0 heterocycles. The Kier molecular flexibility index (Phi) is 4.12. The maximum absolute atomic E-state index is 10.3. The molecule has 18 heavy (non-hydrogen) atoms. The summed E-state index contributed by atoms with van der Waals surface area (Å²) in [6.45, 7) is 0. The van der Waals surface area contributed by atoms with Crippen LogP contribution in [0, 0.1) is 0 Å². The first kappa shape index (κ1) is 13.2. The third kappa shape index (κ3) is 2.46. The first-order valence-electron chi connectivity index (χ1n) is 5.40. The first-order valence-corrected chi connectivity index (χ1v) is 6.15. The second-order valence-electron chi connectivity index (χ2n) is 3.80. The Morgan fingerprint density at radius 3 is 2.33 bits per heavy atom. The fourth-order valence-corrected chi connectivity index (χ4v) is 2.39. The van der Waals surface area contributed by atoms with Crippen molar-refractivity contribution in [3.8, 4) is 5.75 Å². The van der Waals surface area contributed by atoms with Gasteiger partial charge in [0.1, 0.15) is 6.10 Å². The molecule has 0 aliphatic rings. The molecule has 0 bridgehead atoms. The molecule has 0 aromatic heterocycles. The van der Waals surface area contributed by atoms with Gasteiger partial charge in [0, 0.05) is 5.56 Å². The standard InChI is InChI=1S/C14H12Cl2O2/c1-18-14-11(15)8-7-10(12(14)16)13(17)9-5-3-2-4-6-9/h2-8,13,17H,1H3. The molecule has 0 radical (unpaired) electrons. The van der Waals surface area contributed by atoms with Gasteiger partial charge in [0.2, 0.25) is 0 Å². The van der Waals surface area contributed by atoms with Crippen molar-refractivity contribution in [3.63, 3.8) is 0 Å². The summed E-state index contributed by atoms with van der Waals surface area (Å²) in [7, 11) is 1.49. The third-order valence-corrected chi connectivity index (χ3v) is 3.38. The van der Waals surface area contributed by atoms with Crippen molar-refractivity contribution in [3.05, 3.63) is 63.6 Å². The summed E-state index contributed by atoms with van der Waals surface area (Å²) in [5.41, 5.74) is 1.34. The van der Waals surface area contributed by atoms with Crippen LogP contribution in [0.4, 0.5) is 0 Å². The number of benzene rings is 2. The van der Waals surface area contributed by atoms with Crippen LogP contribution >= 0.6 is 23.2 Å². The number of methoxy groups -OCH3 is 1. The van der Waals surface area contributed by atoms with Crippen LogP contribution < -0.4 is 4.74 Å². The van der Waals surface area contributed by atoms with Gasteiger partial charge in [-0.2, -0.15) is 0 Å². The van der Waals surface area contributed by atoms with Gasteiger partial charge in [0.05, 0.1) is 17.2 Å². The molecule has 2 aromatic carbocycles. The van der Waals surface area contributed by atoms with E-state index >= 15 is 0 Å². The first-order chi connectivity index (χ1) is 8.65. The lowest BCUT2D eigenvalue weighted by molar-refractivity contribution is 0.220. The topological polar surface area (TPSA) is 29.5 Å². The number of hydrogen-bond acceptors (Lipinski definition) is 2. The van der Waals surface area contributed by atoms with E-state index in [1.165, 1.54) is 7.11 Å². The van der Waals surface area contributed by atoms with Crippen LogP contribution in [0.15, 0.2) is 42.5 Å². The van der Waals surface area contributed by atoms with E-state index in [1.807, 2.05) is 30.3 Å². The second kappa shape index (κ2) is 5.61. The monoisotopic (exact) mass is 282 g/mol. The van der Waals surface area contributed by atoms with Gasteiger partial charge < -0.3 is 9.84 Å². The van der Waals surface area contributed by atoms with E-state index in [4.69, 9.17) is 27.9 Å². The summed E-state index contributed by atoms with van der Waals surface area (Å²) >= 11 is 12.2. The van der Waals surface area contributed by atoms with Crippen molar-refractivity contribution in [1.82, 2.24) is 0 Å². The molecular formula is C14H12Cl2O2. The lowest BCUT2D eigenvalue weighted by Gasteiger charge is -2.15. The second-order valence-corrected chi connectivity index (χ2v) is 4.58. The molecule has 0 spiro atoms. The molecule has 0 amide bonds. The summed E-state index contributed by atoms with van der Waals surface area (Å²) in [6, 6.07) is 12.6. The molecule has 0 saturated heterocycles. The minimum Gasteiger partial charge on any atom is -0.494 e. The number of hydrogen-bond donors (Lipinski definition) is 1. The van der Waals surface area contributed by atoms with Gasteiger partial charge in [0.25, 0.3) is 0 Å². The van der Waals surface area contributed by atoms with E-state index in [2.05, 4.69) is 0 Å². The van der Waals surface area contributed by atoms with Crippen LogP contribution in [0.1, 0.15) is 17.2 Å². The lowest BCUT2D eigenvalue weighted by Crippen LogP contribution is -2.01. The summed E-state index contributed by atoms with van der Waals surface area (Å²) in [6.07, 6.45) is -0.801. The third-order valence-electron chi connectivity index (χ3n) is 2.69. The number of halogens is 2. The molecular weight excluding hydrogens is 271 g/mol. The molecule has 1 N–H and O–H groups in total. The van der Waals surface area contributed by atoms with Gasteiger partial charge >= 0.3 is 0 Å². The molecule has 2 nitrogen and oxygen atoms in total. The van der Waals surface area contributed by atoms with Gasteiger partial charge in [-0.1, -0.05) is 59.6 Å². The van der Waals surface area contributed by atoms with Crippen LogP contribution in [0.25, 0.3) is 0 Å². The Morgan fingerprint density at radius 2 is 1.72 bits per heavy atom. The van der Waals surface area contributed by atoms with E-state index in [0.717, 1.165) is 5.56 Å². The molecule has 0 aliphatic heterocycles. The molecule has 2 rings (SSSR count). The minimum atomic E-state index is -0.801. The summed E-state index contributed by atoms with van der Waals surface area (Å²) in [5.74, 6) is 0.380. The Hall–Kier alpha value is -1.22. The molecule has 0 saturated carbocycles. The van der Waals surface area contributed by atoms with Crippen LogP contribution in [0.2, 0.25) is 10.0 Å². The zero-order valence-corrected chi connectivity index (χ0v) is 11.2. The Labute approximate surface area is 116 Å². The van der Waals surface area contributed by atoms with E-state index in [9.17, 15) is 5.11 Å². The average Bonchev–Trinajstić information content (AvgIpc) is 2.40. The molecule has 1 unspecified atom stereocenters. The summed E-state index contributed by atoms with van der Waals surface area (Å²) < 4.78 is 5.13. The van der Waals surface area contributed by atoms with Gasteiger partial charge in [-0.05, 0) is 11.6 Å². The van der Waals surface area contributed by atoms with Crippen molar-refractivity contribution in [2.45, 2.75) is 6.10 Å². The molecule has 1 atom stereocenters. The van der Waals surface area contributed by atoms with Crippen molar-refractivity contribution >= 4 is 23.2 Å². The highest BCUT2D eigenvalue weighted by atomic mass is 35.5. The normalized spacial score (nSPS) is 12.2. The highest BCUT2D eigenvalue weighted by molar-refractivity contribution is 6.37. The average molecular weight is 283 g/mol. The minimum absolute atomic E-state index is 0.335. The highest BCUT2D eigenvalue weighted by Crippen LogP contribution is 2.39.